The van der Waals surface area contributed by atoms with Crippen LogP contribution < -0.4 is 5.32 Å². The predicted molar refractivity (Wildman–Crippen MR) is 168 cm³/mol. The van der Waals surface area contributed by atoms with Crippen LogP contribution in [0.3, 0.4) is 0 Å². The Kier molecular flexibility index (Phi) is 9.56. The molecule has 0 bridgehead atoms. The number of nitrogens with one attached hydrogen (secondary N) is 1. The number of carbonyl (C=O) groups is 3. The zero-order valence-electron chi connectivity index (χ0n) is 26.4. The Balaban J connectivity index is 1.69. The number of amides is 3. The van der Waals surface area contributed by atoms with E-state index in [4.69, 9.17) is 9.73 Å². The molecule has 0 saturated carbocycles. The predicted octanol–water partition coefficient (Wildman–Crippen LogP) is 6.82. The molecule has 0 spiro atoms. The maximum atomic E-state index is 14.5. The van der Waals surface area contributed by atoms with Crippen molar-refractivity contribution in [2.45, 2.75) is 71.7 Å². The second-order valence-corrected chi connectivity index (χ2v) is 12.7. The molecule has 0 fully saturated rings. The summed E-state index contributed by atoms with van der Waals surface area (Å²) in [5.41, 5.74) is 0.630. The summed E-state index contributed by atoms with van der Waals surface area (Å²) in [6.07, 6.45) is -0.299. The lowest BCUT2D eigenvalue weighted by Gasteiger charge is -2.31. The van der Waals surface area contributed by atoms with Gasteiger partial charge in [0, 0.05) is 19.2 Å². The van der Waals surface area contributed by atoms with E-state index in [0.29, 0.717) is 24.1 Å². The van der Waals surface area contributed by atoms with Crippen LogP contribution >= 0.6 is 0 Å². The number of alkyl carbamates (subject to hydrolysis) is 1. The Bertz CT molecular complexity index is 1530. The van der Waals surface area contributed by atoms with Gasteiger partial charge in [-0.05, 0) is 81.0 Å². The minimum Gasteiger partial charge on any atom is -0.444 e. The van der Waals surface area contributed by atoms with E-state index in [0.717, 1.165) is 11.1 Å². The average Bonchev–Trinajstić information content (AvgIpc) is 3.23. The highest BCUT2D eigenvalue weighted by atomic mass is 19.1. The molecule has 0 aliphatic carbocycles. The third kappa shape index (κ3) is 7.33. The molecule has 3 aromatic rings. The van der Waals surface area contributed by atoms with E-state index in [2.05, 4.69) is 5.32 Å². The molecule has 1 aliphatic rings. The maximum absolute atomic E-state index is 14.5. The summed E-state index contributed by atoms with van der Waals surface area (Å²) in [5.74, 6) is -0.643. The molecular weight excluding hydrogens is 559 g/mol. The van der Waals surface area contributed by atoms with Crippen molar-refractivity contribution >= 4 is 23.9 Å². The van der Waals surface area contributed by atoms with Gasteiger partial charge < -0.3 is 9.64 Å². The standard InChI is InChI=1S/C35H41FN4O4/c1-23(2)21-35(28-14-9-8-10-15-28)31(42)40(32(38-35)37-33(43)44-34(4,5)6)24(3)26-12-11-13-27(20-26)30(41)39(7)22-25-16-18-29(36)19-17-25/h8-20,23-24H,21-22H2,1-7H3,(H,37,38,43)/t24-,35-/m1/s1. The Labute approximate surface area is 258 Å². The summed E-state index contributed by atoms with van der Waals surface area (Å²) >= 11 is 0. The molecule has 4 rings (SSSR count). The number of rotatable bonds is 8. The van der Waals surface area contributed by atoms with Gasteiger partial charge in [-0.1, -0.05) is 68.4 Å². The number of benzene rings is 3. The van der Waals surface area contributed by atoms with Crippen LogP contribution in [0, 0.1) is 11.7 Å². The highest BCUT2D eigenvalue weighted by molar-refractivity contribution is 6.11. The largest absolute Gasteiger partial charge is 0.444 e. The molecule has 2 atom stereocenters. The first kappa shape index (κ1) is 32.4. The van der Waals surface area contributed by atoms with Crippen LogP contribution in [0.2, 0.25) is 0 Å². The van der Waals surface area contributed by atoms with Crippen molar-refractivity contribution in [2.75, 3.05) is 7.05 Å². The highest BCUT2D eigenvalue weighted by Gasteiger charge is 2.52. The SMILES string of the molecule is CC(C)C[C@]1(c2ccccc2)N=C(NC(=O)OC(C)(C)C)N([C@H](C)c2cccc(C(=O)N(C)Cc3ccc(F)cc3)c2)C1=O. The first-order chi connectivity index (χ1) is 20.7. The molecule has 0 aromatic heterocycles. The topological polar surface area (TPSA) is 91.3 Å². The van der Waals surface area contributed by atoms with Gasteiger partial charge in [-0.25, -0.2) is 14.2 Å². The lowest BCUT2D eigenvalue weighted by molar-refractivity contribution is -0.133. The number of carbonyl (C=O) groups excluding carboxylic acids is 3. The molecule has 1 aliphatic heterocycles. The van der Waals surface area contributed by atoms with Gasteiger partial charge >= 0.3 is 6.09 Å². The van der Waals surface area contributed by atoms with Gasteiger partial charge in [-0.2, -0.15) is 0 Å². The minimum absolute atomic E-state index is 0.0893. The first-order valence-electron chi connectivity index (χ1n) is 14.8. The van der Waals surface area contributed by atoms with Crippen molar-refractivity contribution in [2.24, 2.45) is 10.9 Å². The van der Waals surface area contributed by atoms with E-state index >= 15 is 0 Å². The van der Waals surface area contributed by atoms with Gasteiger partial charge in [0.05, 0.1) is 6.04 Å². The molecule has 0 radical (unpaired) electrons. The van der Waals surface area contributed by atoms with Crippen molar-refractivity contribution in [3.05, 3.63) is 107 Å². The number of halogens is 1. The quantitative estimate of drug-likeness (QED) is 0.307. The summed E-state index contributed by atoms with van der Waals surface area (Å²) < 4.78 is 18.9. The number of hydrogen-bond acceptors (Lipinski definition) is 5. The van der Waals surface area contributed by atoms with Crippen LogP contribution in [0.1, 0.15) is 81.1 Å². The normalized spacial score (nSPS) is 17.3. The van der Waals surface area contributed by atoms with E-state index in [9.17, 15) is 18.8 Å². The van der Waals surface area contributed by atoms with Crippen molar-refractivity contribution in [1.82, 2.24) is 15.1 Å². The fourth-order valence-corrected chi connectivity index (χ4v) is 5.40. The van der Waals surface area contributed by atoms with Gasteiger partial charge in [-0.15, -0.1) is 0 Å². The van der Waals surface area contributed by atoms with Crippen molar-refractivity contribution in [1.29, 1.82) is 0 Å². The van der Waals surface area contributed by atoms with Gasteiger partial charge in [0.2, 0.25) is 5.96 Å². The third-order valence-corrected chi connectivity index (χ3v) is 7.35. The summed E-state index contributed by atoms with van der Waals surface area (Å²) in [5, 5.41) is 2.74. The van der Waals surface area contributed by atoms with Crippen molar-refractivity contribution in [3.63, 3.8) is 0 Å². The van der Waals surface area contributed by atoms with E-state index in [-0.39, 0.29) is 29.5 Å². The molecule has 3 aromatic carbocycles. The summed E-state index contributed by atoms with van der Waals surface area (Å²) in [4.78, 5) is 48.9. The molecule has 8 nitrogen and oxygen atoms in total. The van der Waals surface area contributed by atoms with Crippen LogP contribution in [0.15, 0.2) is 83.9 Å². The fraction of sp³-hybridized carbons (Fsp3) is 0.371. The van der Waals surface area contributed by atoms with Crippen LogP contribution in [-0.4, -0.2) is 46.3 Å². The van der Waals surface area contributed by atoms with Gasteiger partial charge in [-0.3, -0.25) is 19.8 Å². The van der Waals surface area contributed by atoms with Crippen LogP contribution in [0.25, 0.3) is 0 Å². The van der Waals surface area contributed by atoms with Gasteiger partial charge in [0.25, 0.3) is 11.8 Å². The fourth-order valence-electron chi connectivity index (χ4n) is 5.40. The zero-order valence-corrected chi connectivity index (χ0v) is 26.4. The van der Waals surface area contributed by atoms with E-state index in [1.165, 1.54) is 17.0 Å². The maximum Gasteiger partial charge on any atom is 0.414 e. The second kappa shape index (κ2) is 13.0. The molecule has 9 heteroatoms. The van der Waals surface area contributed by atoms with Gasteiger partial charge in [0.1, 0.15) is 11.4 Å². The molecule has 1 heterocycles. The summed E-state index contributed by atoms with van der Waals surface area (Å²) in [6.45, 7) is 11.5. The Morgan fingerprint density at radius 1 is 1.00 bits per heavy atom. The molecular formula is C35H41FN4O4. The minimum atomic E-state index is -1.25. The Morgan fingerprint density at radius 3 is 2.27 bits per heavy atom. The Morgan fingerprint density at radius 2 is 1.66 bits per heavy atom. The molecule has 3 amide bonds. The van der Waals surface area contributed by atoms with Crippen LogP contribution in [0.4, 0.5) is 9.18 Å². The van der Waals surface area contributed by atoms with E-state index < -0.39 is 23.3 Å². The second-order valence-electron chi connectivity index (χ2n) is 12.7. The lowest BCUT2D eigenvalue weighted by Crippen LogP contribution is -2.48. The van der Waals surface area contributed by atoms with Crippen LogP contribution in [0.5, 0.6) is 0 Å². The third-order valence-electron chi connectivity index (χ3n) is 7.35. The lowest BCUT2D eigenvalue weighted by atomic mass is 9.82. The molecule has 232 valence electrons. The molecule has 1 N–H and O–H groups in total. The molecule has 0 saturated heterocycles. The number of guanidine groups is 1. The Hall–Kier alpha value is -4.53. The average molecular weight is 601 g/mol. The number of hydrogen-bond donors (Lipinski definition) is 1. The summed E-state index contributed by atoms with van der Waals surface area (Å²) in [7, 11) is 1.68. The van der Waals surface area contributed by atoms with Crippen LogP contribution in [-0.2, 0) is 21.6 Å². The first-order valence-corrected chi connectivity index (χ1v) is 14.8. The molecule has 44 heavy (non-hydrogen) atoms. The van der Waals surface area contributed by atoms with Crippen molar-refractivity contribution < 1.29 is 23.5 Å². The number of nitrogens with zero attached hydrogens (tertiary/aromatic N) is 3. The van der Waals surface area contributed by atoms with Gasteiger partial charge in [0.15, 0.2) is 5.54 Å². The summed E-state index contributed by atoms with van der Waals surface area (Å²) in [6, 6.07) is 21.8. The number of ether oxygens (including phenoxy) is 1. The van der Waals surface area contributed by atoms with E-state index in [1.807, 2.05) is 57.2 Å². The smallest absolute Gasteiger partial charge is 0.414 e. The monoisotopic (exact) mass is 600 g/mol. The highest BCUT2D eigenvalue weighted by Crippen LogP contribution is 2.42. The molecule has 0 unspecified atom stereocenters. The van der Waals surface area contributed by atoms with E-state index in [1.54, 1.807) is 63.1 Å². The zero-order chi connectivity index (χ0) is 32.2. The number of aliphatic imine (C=N–C) groups is 1. The van der Waals surface area contributed by atoms with Crippen molar-refractivity contribution in [3.8, 4) is 0 Å².